The Kier molecular flexibility index (Phi) is 7.05. The van der Waals surface area contributed by atoms with Crippen LogP contribution in [0.5, 0.6) is 5.75 Å². The molecule has 2 N–H and O–H groups in total. The quantitative estimate of drug-likeness (QED) is 0.602. The van der Waals surface area contributed by atoms with Crippen LogP contribution in [0.3, 0.4) is 0 Å². The van der Waals surface area contributed by atoms with Gasteiger partial charge in [0.2, 0.25) is 5.91 Å². The van der Waals surface area contributed by atoms with E-state index in [9.17, 15) is 4.79 Å². The van der Waals surface area contributed by atoms with E-state index in [0.29, 0.717) is 13.0 Å². The summed E-state index contributed by atoms with van der Waals surface area (Å²) in [7, 11) is 1.69. The molecule has 0 aliphatic carbocycles. The second kappa shape index (κ2) is 10.1. The first-order valence-corrected chi connectivity index (χ1v) is 11.7. The van der Waals surface area contributed by atoms with Gasteiger partial charge in [0.15, 0.2) is 0 Å². The van der Waals surface area contributed by atoms with Crippen LogP contribution in [0, 0.1) is 13.8 Å². The first kappa shape index (κ1) is 22.3. The van der Waals surface area contributed by atoms with Crippen LogP contribution in [-0.2, 0) is 11.2 Å². The zero-order chi connectivity index (χ0) is 22.5. The molecule has 0 bridgehead atoms. The van der Waals surface area contributed by atoms with Crippen LogP contribution < -0.4 is 15.0 Å². The van der Waals surface area contributed by atoms with Gasteiger partial charge in [0.05, 0.1) is 38.7 Å². The Morgan fingerprint density at radius 3 is 2.50 bits per heavy atom. The number of carbonyl (C=O) groups is 1. The molecule has 168 valence electrons. The Morgan fingerprint density at radius 1 is 1.06 bits per heavy atom. The Bertz CT molecular complexity index is 1070. The number of amides is 1. The summed E-state index contributed by atoms with van der Waals surface area (Å²) in [5.74, 6) is 0.920. The van der Waals surface area contributed by atoms with E-state index in [1.165, 1.54) is 24.8 Å². The van der Waals surface area contributed by atoms with E-state index in [2.05, 4.69) is 30.4 Å². The molecular weight excluding hydrogens is 398 g/mol. The van der Waals surface area contributed by atoms with Gasteiger partial charge in [-0.2, -0.15) is 0 Å². The van der Waals surface area contributed by atoms with Gasteiger partial charge in [0, 0.05) is 16.6 Å². The number of hydrogen-bond donors (Lipinski definition) is 2. The van der Waals surface area contributed by atoms with E-state index < -0.39 is 0 Å². The Morgan fingerprint density at radius 2 is 1.78 bits per heavy atom. The van der Waals surface area contributed by atoms with Crippen LogP contribution in [0.1, 0.15) is 47.7 Å². The highest BCUT2D eigenvalue weighted by Gasteiger charge is 2.27. The number of fused-ring (bicyclic) bond motifs is 1. The highest BCUT2D eigenvalue weighted by Crippen LogP contribution is 2.23. The van der Waals surface area contributed by atoms with Crippen molar-refractivity contribution in [2.45, 2.75) is 45.6 Å². The van der Waals surface area contributed by atoms with Crippen LogP contribution in [0.25, 0.3) is 10.9 Å². The zero-order valence-electron chi connectivity index (χ0n) is 19.4. The van der Waals surface area contributed by atoms with Crippen molar-refractivity contribution >= 4 is 16.8 Å². The van der Waals surface area contributed by atoms with Gasteiger partial charge < -0.3 is 15.0 Å². The summed E-state index contributed by atoms with van der Waals surface area (Å²) in [5, 5.41) is 4.36. The van der Waals surface area contributed by atoms with Gasteiger partial charge in [-0.3, -0.25) is 9.78 Å². The van der Waals surface area contributed by atoms with Crippen LogP contribution in [0.15, 0.2) is 48.5 Å². The second-order valence-electron chi connectivity index (χ2n) is 8.84. The van der Waals surface area contributed by atoms with E-state index in [4.69, 9.17) is 9.72 Å². The van der Waals surface area contributed by atoms with Gasteiger partial charge in [-0.05, 0) is 74.6 Å². The molecule has 0 radical (unpaired) electrons. The lowest BCUT2D eigenvalue weighted by atomic mass is 9.99. The summed E-state index contributed by atoms with van der Waals surface area (Å²) in [4.78, 5) is 19.3. The molecule has 4 rings (SSSR count). The van der Waals surface area contributed by atoms with Crippen LogP contribution >= 0.6 is 0 Å². The number of benzene rings is 2. The van der Waals surface area contributed by atoms with Gasteiger partial charge in [0.25, 0.3) is 0 Å². The molecule has 1 aromatic heterocycles. The molecule has 5 heteroatoms. The second-order valence-corrected chi connectivity index (χ2v) is 8.84. The number of carbonyl (C=O) groups excluding carboxylic acids is 1. The van der Waals surface area contributed by atoms with Gasteiger partial charge in [-0.15, -0.1) is 0 Å². The molecule has 1 fully saturated rings. The fourth-order valence-electron chi connectivity index (χ4n) is 4.96. The Labute approximate surface area is 190 Å². The summed E-state index contributed by atoms with van der Waals surface area (Å²) in [6, 6.07) is 16.7. The fourth-order valence-corrected chi connectivity index (χ4v) is 4.96. The van der Waals surface area contributed by atoms with Crippen molar-refractivity contribution in [1.29, 1.82) is 0 Å². The minimum absolute atomic E-state index is 0.0585. The topological polar surface area (TPSA) is 55.7 Å². The minimum atomic E-state index is 0.0585. The lowest BCUT2D eigenvalue weighted by molar-refractivity contribution is -0.935. The smallest absolute Gasteiger partial charge is 0.224 e. The van der Waals surface area contributed by atoms with Crippen molar-refractivity contribution in [2.75, 3.05) is 26.7 Å². The third-order valence-electron chi connectivity index (χ3n) is 6.83. The molecule has 1 atom stereocenters. The number of nitrogens with zero attached hydrogens (tertiary/aromatic N) is 1. The number of quaternary nitrogens is 1. The van der Waals surface area contributed by atoms with Crippen molar-refractivity contribution in [1.82, 2.24) is 10.3 Å². The van der Waals surface area contributed by atoms with E-state index in [1.54, 1.807) is 12.0 Å². The summed E-state index contributed by atoms with van der Waals surface area (Å²) < 4.78 is 5.33. The molecule has 1 aliphatic heterocycles. The molecule has 0 saturated carbocycles. The first-order valence-electron chi connectivity index (χ1n) is 11.7. The zero-order valence-corrected chi connectivity index (χ0v) is 19.4. The van der Waals surface area contributed by atoms with Gasteiger partial charge in [-0.25, -0.2) is 0 Å². The minimum Gasteiger partial charge on any atom is -0.497 e. The van der Waals surface area contributed by atoms with Crippen molar-refractivity contribution in [3.8, 4) is 5.75 Å². The third-order valence-corrected chi connectivity index (χ3v) is 6.83. The van der Waals surface area contributed by atoms with Gasteiger partial charge in [0.1, 0.15) is 11.8 Å². The Hall–Kier alpha value is -2.92. The fraction of sp³-hybridized carbons (Fsp3) is 0.407. The number of hydrogen-bond acceptors (Lipinski definition) is 3. The van der Waals surface area contributed by atoms with E-state index in [1.807, 2.05) is 37.3 Å². The number of likely N-dealkylation sites (tertiary alicyclic amines) is 1. The number of nitrogens with one attached hydrogen (secondary N) is 2. The molecule has 1 saturated heterocycles. The number of para-hydroxylation sites is 1. The van der Waals surface area contributed by atoms with Crippen molar-refractivity contribution < 1.29 is 14.4 Å². The predicted octanol–water partition coefficient (Wildman–Crippen LogP) is 3.33. The van der Waals surface area contributed by atoms with Crippen LogP contribution in [0.4, 0.5) is 0 Å². The van der Waals surface area contributed by atoms with E-state index in [-0.39, 0.29) is 11.9 Å². The lowest BCUT2D eigenvalue weighted by Crippen LogP contribution is -3.13. The van der Waals surface area contributed by atoms with E-state index in [0.717, 1.165) is 46.6 Å². The maximum atomic E-state index is 13.0. The average Bonchev–Trinajstić information content (AvgIpc) is 2.83. The highest BCUT2D eigenvalue weighted by atomic mass is 16.5. The van der Waals surface area contributed by atoms with Crippen molar-refractivity contribution in [3.63, 3.8) is 0 Å². The summed E-state index contributed by atoms with van der Waals surface area (Å²) in [6.07, 6.45) is 4.16. The van der Waals surface area contributed by atoms with Crippen LogP contribution in [0.2, 0.25) is 0 Å². The summed E-state index contributed by atoms with van der Waals surface area (Å²) >= 11 is 0. The Balaban J connectivity index is 1.49. The molecule has 1 amide bonds. The molecule has 2 heterocycles. The largest absolute Gasteiger partial charge is 0.497 e. The number of ether oxygens (including phenoxy) is 1. The lowest BCUT2D eigenvalue weighted by Gasteiger charge is -2.32. The van der Waals surface area contributed by atoms with E-state index >= 15 is 0 Å². The maximum Gasteiger partial charge on any atom is 0.224 e. The summed E-state index contributed by atoms with van der Waals surface area (Å²) in [6.45, 7) is 7.04. The molecule has 0 unspecified atom stereocenters. The molecule has 3 aromatic rings. The molecular formula is C27H34N3O2+. The number of pyridine rings is 1. The number of methoxy groups -OCH3 is 1. The predicted molar refractivity (Wildman–Crippen MR) is 128 cm³/mol. The molecule has 32 heavy (non-hydrogen) atoms. The third kappa shape index (κ3) is 4.94. The molecule has 0 spiro atoms. The monoisotopic (exact) mass is 432 g/mol. The van der Waals surface area contributed by atoms with Gasteiger partial charge in [-0.1, -0.05) is 18.2 Å². The molecule has 5 nitrogen and oxygen atoms in total. The first-order chi connectivity index (χ1) is 15.6. The molecule has 1 aliphatic rings. The SMILES string of the molecule is COc1ccc([C@@H](CNC(=O)Cc2c(C)nc3ccccc3c2C)[NH+]2CCCCC2)cc1. The van der Waals surface area contributed by atoms with Crippen molar-refractivity contribution in [2.24, 2.45) is 0 Å². The number of piperidine rings is 1. The number of rotatable bonds is 7. The van der Waals surface area contributed by atoms with Gasteiger partial charge >= 0.3 is 0 Å². The number of aryl methyl sites for hydroxylation is 2. The normalized spacial score (nSPS) is 15.5. The standard InChI is InChI=1S/C27H33N3O2/c1-19-23-9-5-6-10-25(23)29-20(2)24(19)17-27(31)28-18-26(30-15-7-4-8-16-30)21-11-13-22(32-3)14-12-21/h5-6,9-14,26H,4,7-8,15-18H2,1-3H3,(H,28,31)/p+1/t26-/m1/s1. The summed E-state index contributed by atoms with van der Waals surface area (Å²) in [5.41, 5.74) is 5.36. The molecule has 2 aromatic carbocycles. The van der Waals surface area contributed by atoms with Crippen LogP contribution in [-0.4, -0.2) is 37.6 Å². The number of aromatic nitrogens is 1. The maximum absolute atomic E-state index is 13.0. The highest BCUT2D eigenvalue weighted by molar-refractivity contribution is 5.86. The van der Waals surface area contributed by atoms with Crippen molar-refractivity contribution in [3.05, 3.63) is 70.9 Å². The average molecular weight is 433 g/mol.